The number of halogens is 1. The molecule has 0 aliphatic carbocycles. The van der Waals surface area contributed by atoms with Crippen LogP contribution < -0.4 is 20.7 Å². The number of methoxy groups -OCH3 is 1. The summed E-state index contributed by atoms with van der Waals surface area (Å²) in [5, 5.41) is 1.96. The lowest BCUT2D eigenvalue weighted by Crippen LogP contribution is -2.34. The number of benzene rings is 3. The van der Waals surface area contributed by atoms with Crippen LogP contribution in [0.25, 0.3) is 0 Å². The molecule has 0 spiro atoms. The van der Waals surface area contributed by atoms with Crippen molar-refractivity contribution in [3.63, 3.8) is 0 Å². The normalized spacial score (nSPS) is 16.0. The van der Waals surface area contributed by atoms with Crippen LogP contribution in [0.5, 0.6) is 5.75 Å². The summed E-state index contributed by atoms with van der Waals surface area (Å²) in [4.78, 5) is 42.1. The lowest BCUT2D eigenvalue weighted by Gasteiger charge is -2.23. The van der Waals surface area contributed by atoms with E-state index in [1.165, 1.54) is 23.1 Å². The summed E-state index contributed by atoms with van der Waals surface area (Å²) in [6, 6.07) is 26.1. The summed E-state index contributed by atoms with van der Waals surface area (Å²) in [6.07, 6.45) is 0.668. The van der Waals surface area contributed by atoms with Crippen molar-refractivity contribution in [1.29, 1.82) is 0 Å². The first-order valence-electron chi connectivity index (χ1n) is 13.5. The van der Waals surface area contributed by atoms with Crippen molar-refractivity contribution >= 4 is 62.4 Å². The minimum Gasteiger partial charge on any atom is -0.496 e. The Bertz CT molecular complexity index is 1710. The summed E-state index contributed by atoms with van der Waals surface area (Å²) < 4.78 is 6.12. The number of nitrogens with zero attached hydrogens (tertiary/aromatic N) is 1. The average Bonchev–Trinajstić information content (AvgIpc) is 3.61. The van der Waals surface area contributed by atoms with Gasteiger partial charge in [-0.15, -0.1) is 23.1 Å². The minimum atomic E-state index is -0.599. The van der Waals surface area contributed by atoms with E-state index in [0.717, 1.165) is 31.1 Å². The molecule has 5 rings (SSSR count). The van der Waals surface area contributed by atoms with Gasteiger partial charge in [-0.1, -0.05) is 42.2 Å². The molecule has 10 heteroatoms. The van der Waals surface area contributed by atoms with E-state index in [9.17, 15) is 14.4 Å². The number of carbonyl (C=O) groups excluding carboxylic acids is 3. The van der Waals surface area contributed by atoms with E-state index in [2.05, 4.69) is 33.1 Å². The van der Waals surface area contributed by atoms with E-state index < -0.39 is 11.2 Å². The zero-order valence-electron chi connectivity index (χ0n) is 23.2. The molecule has 4 aromatic rings. The van der Waals surface area contributed by atoms with Crippen LogP contribution in [0.15, 0.2) is 89.4 Å². The highest BCUT2D eigenvalue weighted by Crippen LogP contribution is 2.48. The lowest BCUT2D eigenvalue weighted by atomic mass is 10.1. The van der Waals surface area contributed by atoms with Crippen molar-refractivity contribution in [1.82, 2.24) is 5.32 Å². The van der Waals surface area contributed by atoms with E-state index >= 15 is 0 Å². The SMILES string of the molecule is COc1ccc(CCNC(=O)C[C@H]2S[C@@H](c3ccc(C#Cc4ccccc4)s3)N(c3cccc(C(N)=O)c3)C2=O)cc1Br. The molecule has 2 atom stereocenters. The Morgan fingerprint density at radius 1 is 1.02 bits per heavy atom. The predicted molar refractivity (Wildman–Crippen MR) is 175 cm³/mol. The first-order chi connectivity index (χ1) is 20.8. The number of amides is 3. The number of thioether (sulfide) groups is 1. The molecule has 7 nitrogen and oxygen atoms in total. The number of carbonyl (C=O) groups is 3. The molecule has 1 aliphatic heterocycles. The van der Waals surface area contributed by atoms with Gasteiger partial charge in [-0.25, -0.2) is 0 Å². The van der Waals surface area contributed by atoms with Gasteiger partial charge < -0.3 is 15.8 Å². The van der Waals surface area contributed by atoms with Crippen LogP contribution in [0.2, 0.25) is 0 Å². The van der Waals surface area contributed by atoms with Gasteiger partial charge in [0.1, 0.15) is 11.1 Å². The molecule has 0 bridgehead atoms. The first-order valence-corrected chi connectivity index (χ1v) is 16.0. The number of nitrogens with two attached hydrogens (primary N) is 1. The molecule has 43 heavy (non-hydrogen) atoms. The van der Waals surface area contributed by atoms with Gasteiger partial charge in [-0.05, 0) is 82.5 Å². The molecule has 3 amide bonds. The van der Waals surface area contributed by atoms with Crippen LogP contribution in [0.3, 0.4) is 0 Å². The predicted octanol–water partition coefficient (Wildman–Crippen LogP) is 5.91. The second-order valence-corrected chi connectivity index (χ2v) is 12.9. The van der Waals surface area contributed by atoms with Gasteiger partial charge >= 0.3 is 0 Å². The molecule has 3 aromatic carbocycles. The van der Waals surface area contributed by atoms with Gasteiger partial charge in [0.05, 0.1) is 21.7 Å². The number of ether oxygens (including phenoxy) is 1. The highest BCUT2D eigenvalue weighted by molar-refractivity contribution is 9.10. The maximum absolute atomic E-state index is 13.8. The number of nitrogens with one attached hydrogen (secondary N) is 1. The van der Waals surface area contributed by atoms with Crippen LogP contribution in [-0.4, -0.2) is 36.6 Å². The minimum absolute atomic E-state index is 0.0321. The second-order valence-electron chi connectivity index (χ2n) is 9.69. The summed E-state index contributed by atoms with van der Waals surface area (Å²) >= 11 is 6.41. The summed E-state index contributed by atoms with van der Waals surface area (Å²) in [5.41, 5.74) is 8.35. The van der Waals surface area contributed by atoms with Crippen molar-refractivity contribution in [3.8, 4) is 17.6 Å². The molecule has 1 aromatic heterocycles. The maximum Gasteiger partial charge on any atom is 0.248 e. The van der Waals surface area contributed by atoms with Crippen LogP contribution in [0.1, 0.15) is 43.0 Å². The number of thiophene rings is 1. The lowest BCUT2D eigenvalue weighted by molar-refractivity contribution is -0.124. The fraction of sp³-hybridized carbons (Fsp3) is 0.182. The Morgan fingerprint density at radius 3 is 2.58 bits per heavy atom. The molecule has 2 heterocycles. The molecule has 0 saturated carbocycles. The highest BCUT2D eigenvalue weighted by Gasteiger charge is 2.43. The monoisotopic (exact) mass is 673 g/mol. The number of primary amides is 1. The largest absolute Gasteiger partial charge is 0.496 e. The molecule has 218 valence electrons. The fourth-order valence-electron chi connectivity index (χ4n) is 4.61. The standard InChI is InChI=1S/C33H28BrN3O4S2/c1-41-27-14-11-22(18-26(27)34)16-17-36-30(38)20-29-32(40)37(24-9-5-8-23(19-24)31(35)39)33(43-29)28-15-13-25(42-28)12-10-21-6-3-2-4-7-21/h2-9,11,13-15,18-19,29,33H,16-17,20H2,1H3,(H2,35,39)(H,36,38)/t29-,33+/m1/s1. The Labute approximate surface area is 266 Å². The van der Waals surface area contributed by atoms with Crippen LogP contribution >= 0.6 is 39.0 Å². The van der Waals surface area contributed by atoms with Gasteiger partial charge in [0.25, 0.3) is 0 Å². The second kappa shape index (κ2) is 14.0. The van der Waals surface area contributed by atoms with E-state index in [4.69, 9.17) is 10.5 Å². The third-order valence-corrected chi connectivity index (χ3v) is 9.99. The molecule has 1 saturated heterocycles. The van der Waals surface area contributed by atoms with Gasteiger partial charge in [-0.3, -0.25) is 19.3 Å². The molecule has 0 unspecified atom stereocenters. The Hall–Kier alpha value is -4.04. The van der Waals surface area contributed by atoms with Crippen molar-refractivity contribution in [2.45, 2.75) is 23.5 Å². The van der Waals surface area contributed by atoms with E-state index in [1.807, 2.05) is 60.7 Å². The average molecular weight is 675 g/mol. The maximum atomic E-state index is 13.8. The highest BCUT2D eigenvalue weighted by atomic mass is 79.9. The molecule has 1 aliphatic rings. The van der Waals surface area contributed by atoms with E-state index in [-0.39, 0.29) is 23.6 Å². The molecular formula is C33H28BrN3O4S2. The zero-order chi connectivity index (χ0) is 30.3. The number of anilines is 1. The number of hydrogen-bond donors (Lipinski definition) is 2. The summed E-state index contributed by atoms with van der Waals surface area (Å²) in [7, 11) is 1.61. The quantitative estimate of drug-likeness (QED) is 0.215. The Kier molecular flexibility index (Phi) is 9.87. The Morgan fingerprint density at radius 2 is 1.84 bits per heavy atom. The van der Waals surface area contributed by atoms with Crippen LogP contribution in [0.4, 0.5) is 5.69 Å². The smallest absolute Gasteiger partial charge is 0.248 e. The molecule has 1 fully saturated rings. The topological polar surface area (TPSA) is 102 Å². The fourth-order valence-corrected chi connectivity index (χ4v) is 7.69. The first kappa shape index (κ1) is 30.4. The molecule has 0 radical (unpaired) electrons. The number of hydrogen-bond acceptors (Lipinski definition) is 6. The van der Waals surface area contributed by atoms with Gasteiger partial charge in [-0.2, -0.15) is 0 Å². The van der Waals surface area contributed by atoms with E-state index in [0.29, 0.717) is 24.2 Å². The van der Waals surface area contributed by atoms with Crippen molar-refractivity contribution < 1.29 is 19.1 Å². The third kappa shape index (κ3) is 7.49. The van der Waals surface area contributed by atoms with Crippen molar-refractivity contribution in [2.24, 2.45) is 5.73 Å². The molecule has 3 N–H and O–H groups in total. The van der Waals surface area contributed by atoms with Crippen LogP contribution in [0, 0.1) is 11.8 Å². The number of rotatable bonds is 9. The van der Waals surface area contributed by atoms with Gasteiger partial charge in [0.2, 0.25) is 17.7 Å². The zero-order valence-corrected chi connectivity index (χ0v) is 26.4. The van der Waals surface area contributed by atoms with Crippen molar-refractivity contribution in [3.05, 3.63) is 116 Å². The summed E-state index contributed by atoms with van der Waals surface area (Å²) in [6.45, 7) is 0.436. The summed E-state index contributed by atoms with van der Waals surface area (Å²) in [5.74, 6) is 6.14. The van der Waals surface area contributed by atoms with Crippen molar-refractivity contribution in [2.75, 3.05) is 18.6 Å². The van der Waals surface area contributed by atoms with Gasteiger partial charge in [0.15, 0.2) is 0 Å². The molecular weight excluding hydrogens is 646 g/mol. The van der Waals surface area contributed by atoms with E-state index in [1.54, 1.807) is 36.3 Å². The van der Waals surface area contributed by atoms with Crippen LogP contribution in [-0.2, 0) is 16.0 Å². The van der Waals surface area contributed by atoms with Gasteiger partial charge in [0, 0.05) is 34.7 Å². The Balaban J connectivity index is 1.32. The third-order valence-electron chi connectivity index (χ3n) is 6.75.